The molecule has 0 saturated carbocycles. The summed E-state index contributed by atoms with van der Waals surface area (Å²) in [7, 11) is 1.77. The Hall–Kier alpha value is -0.120. The van der Waals surface area contributed by atoms with Gasteiger partial charge in [-0.2, -0.15) is 0 Å². The number of methoxy groups -OCH3 is 1. The second kappa shape index (κ2) is 5.69. The van der Waals surface area contributed by atoms with Gasteiger partial charge in [0.25, 0.3) is 0 Å². The first-order valence-corrected chi connectivity index (χ1v) is 5.48. The molecule has 1 aliphatic rings. The lowest BCUT2D eigenvalue weighted by Gasteiger charge is -2.23. The standard InChI is InChI=1S/C11H23NO2/c1-11(2,13-3)5-6-12-8-10-4-7-14-9-10/h10,12H,4-9H2,1-3H3. The summed E-state index contributed by atoms with van der Waals surface area (Å²) in [6, 6.07) is 0. The Morgan fingerprint density at radius 1 is 1.50 bits per heavy atom. The SMILES string of the molecule is COC(C)(C)CCNCC1CCOC1. The van der Waals surface area contributed by atoms with Crippen molar-refractivity contribution in [2.75, 3.05) is 33.4 Å². The van der Waals surface area contributed by atoms with Crippen molar-refractivity contribution in [1.29, 1.82) is 0 Å². The maximum Gasteiger partial charge on any atom is 0.0634 e. The fourth-order valence-corrected chi connectivity index (χ4v) is 1.54. The predicted octanol–water partition coefficient (Wildman–Crippen LogP) is 1.43. The molecule has 0 radical (unpaired) electrons. The Balaban J connectivity index is 1.98. The van der Waals surface area contributed by atoms with Crippen LogP contribution in [0, 0.1) is 5.92 Å². The van der Waals surface area contributed by atoms with Crippen molar-refractivity contribution in [2.45, 2.75) is 32.3 Å². The van der Waals surface area contributed by atoms with Crippen molar-refractivity contribution in [3.05, 3.63) is 0 Å². The summed E-state index contributed by atoms with van der Waals surface area (Å²) in [4.78, 5) is 0. The second-order valence-corrected chi connectivity index (χ2v) is 4.65. The molecule has 3 nitrogen and oxygen atoms in total. The van der Waals surface area contributed by atoms with E-state index >= 15 is 0 Å². The number of hydrogen-bond donors (Lipinski definition) is 1. The van der Waals surface area contributed by atoms with Gasteiger partial charge in [-0.3, -0.25) is 0 Å². The van der Waals surface area contributed by atoms with Crippen LogP contribution in [0.4, 0.5) is 0 Å². The van der Waals surface area contributed by atoms with Crippen LogP contribution in [-0.4, -0.2) is 39.0 Å². The van der Waals surface area contributed by atoms with E-state index in [2.05, 4.69) is 19.2 Å². The van der Waals surface area contributed by atoms with E-state index in [0.29, 0.717) is 0 Å². The molecule has 14 heavy (non-hydrogen) atoms. The van der Waals surface area contributed by atoms with Crippen LogP contribution in [-0.2, 0) is 9.47 Å². The van der Waals surface area contributed by atoms with Gasteiger partial charge < -0.3 is 14.8 Å². The molecule has 0 aromatic rings. The summed E-state index contributed by atoms with van der Waals surface area (Å²) in [6.45, 7) is 8.22. The molecule has 1 fully saturated rings. The topological polar surface area (TPSA) is 30.5 Å². The zero-order chi connectivity index (χ0) is 10.4. The molecule has 1 heterocycles. The van der Waals surface area contributed by atoms with Gasteiger partial charge >= 0.3 is 0 Å². The summed E-state index contributed by atoms with van der Waals surface area (Å²) in [5.74, 6) is 0.723. The van der Waals surface area contributed by atoms with Gasteiger partial charge in [0.05, 0.1) is 12.2 Å². The third-order valence-electron chi connectivity index (χ3n) is 2.91. The highest BCUT2D eigenvalue weighted by atomic mass is 16.5. The van der Waals surface area contributed by atoms with Crippen molar-refractivity contribution < 1.29 is 9.47 Å². The van der Waals surface area contributed by atoms with Crippen molar-refractivity contribution in [3.8, 4) is 0 Å². The number of rotatable bonds is 6. The summed E-state index contributed by atoms with van der Waals surface area (Å²) in [5, 5.41) is 3.46. The predicted molar refractivity (Wildman–Crippen MR) is 57.5 cm³/mol. The smallest absolute Gasteiger partial charge is 0.0634 e. The molecule has 1 N–H and O–H groups in total. The quantitative estimate of drug-likeness (QED) is 0.659. The number of hydrogen-bond acceptors (Lipinski definition) is 3. The first kappa shape index (κ1) is 12.0. The van der Waals surface area contributed by atoms with Crippen molar-refractivity contribution in [3.63, 3.8) is 0 Å². The lowest BCUT2D eigenvalue weighted by Crippen LogP contribution is -2.31. The van der Waals surface area contributed by atoms with Crippen LogP contribution in [0.25, 0.3) is 0 Å². The maximum absolute atomic E-state index is 5.35. The average molecular weight is 201 g/mol. The zero-order valence-corrected chi connectivity index (χ0v) is 9.64. The van der Waals surface area contributed by atoms with E-state index in [4.69, 9.17) is 9.47 Å². The second-order valence-electron chi connectivity index (χ2n) is 4.65. The molecular weight excluding hydrogens is 178 g/mol. The van der Waals surface area contributed by atoms with E-state index in [1.165, 1.54) is 6.42 Å². The normalized spacial score (nSPS) is 22.9. The van der Waals surface area contributed by atoms with Gasteiger partial charge in [-0.25, -0.2) is 0 Å². The lowest BCUT2D eigenvalue weighted by atomic mass is 10.0. The number of ether oxygens (including phenoxy) is 2. The molecule has 3 heteroatoms. The van der Waals surface area contributed by atoms with Gasteiger partial charge in [0.15, 0.2) is 0 Å². The van der Waals surface area contributed by atoms with Crippen LogP contribution in [0.2, 0.25) is 0 Å². The molecule has 0 aromatic heterocycles. The molecular formula is C11H23NO2. The van der Waals surface area contributed by atoms with E-state index < -0.39 is 0 Å². The molecule has 1 unspecified atom stereocenters. The van der Waals surface area contributed by atoms with E-state index in [1.54, 1.807) is 7.11 Å². The average Bonchev–Trinajstić information content (AvgIpc) is 2.65. The minimum Gasteiger partial charge on any atom is -0.381 e. The van der Waals surface area contributed by atoms with Crippen LogP contribution in [0.15, 0.2) is 0 Å². The van der Waals surface area contributed by atoms with Gasteiger partial charge in [-0.15, -0.1) is 0 Å². The van der Waals surface area contributed by atoms with E-state index in [0.717, 1.165) is 38.6 Å². The van der Waals surface area contributed by atoms with Crippen molar-refractivity contribution >= 4 is 0 Å². The van der Waals surface area contributed by atoms with Crippen molar-refractivity contribution in [1.82, 2.24) is 5.32 Å². The summed E-state index contributed by atoms with van der Waals surface area (Å²) >= 11 is 0. The Bertz CT molecular complexity index is 153. The first-order valence-electron chi connectivity index (χ1n) is 5.48. The summed E-state index contributed by atoms with van der Waals surface area (Å²) < 4.78 is 10.7. The third kappa shape index (κ3) is 4.40. The maximum atomic E-state index is 5.35. The monoisotopic (exact) mass is 201 g/mol. The van der Waals surface area contributed by atoms with E-state index in [-0.39, 0.29) is 5.60 Å². The van der Waals surface area contributed by atoms with Crippen molar-refractivity contribution in [2.24, 2.45) is 5.92 Å². The first-order chi connectivity index (χ1) is 6.64. The van der Waals surface area contributed by atoms with Crippen LogP contribution in [0.5, 0.6) is 0 Å². The molecule has 0 spiro atoms. The molecule has 1 atom stereocenters. The largest absolute Gasteiger partial charge is 0.381 e. The van der Waals surface area contributed by atoms with Crippen LogP contribution in [0.1, 0.15) is 26.7 Å². The zero-order valence-electron chi connectivity index (χ0n) is 9.64. The van der Waals surface area contributed by atoms with Crippen LogP contribution in [0.3, 0.4) is 0 Å². The fourth-order valence-electron chi connectivity index (χ4n) is 1.54. The van der Waals surface area contributed by atoms with Gasteiger partial charge in [0.1, 0.15) is 0 Å². The highest BCUT2D eigenvalue weighted by Crippen LogP contribution is 2.13. The number of nitrogens with one attached hydrogen (secondary N) is 1. The minimum absolute atomic E-state index is 0.000818. The molecule has 84 valence electrons. The molecule has 0 bridgehead atoms. The Kier molecular flexibility index (Phi) is 4.85. The lowest BCUT2D eigenvalue weighted by molar-refractivity contribution is 0.0157. The highest BCUT2D eigenvalue weighted by Gasteiger charge is 2.17. The van der Waals surface area contributed by atoms with Gasteiger partial charge in [0.2, 0.25) is 0 Å². The molecule has 0 aliphatic carbocycles. The van der Waals surface area contributed by atoms with Crippen LogP contribution < -0.4 is 5.32 Å². The molecule has 1 rings (SSSR count). The van der Waals surface area contributed by atoms with E-state index in [1.807, 2.05) is 0 Å². The van der Waals surface area contributed by atoms with Crippen LogP contribution >= 0.6 is 0 Å². The minimum atomic E-state index is -0.000818. The van der Waals surface area contributed by atoms with Gasteiger partial charge in [-0.1, -0.05) is 0 Å². The Labute approximate surface area is 87.2 Å². The third-order valence-corrected chi connectivity index (χ3v) is 2.91. The fraction of sp³-hybridized carbons (Fsp3) is 1.00. The molecule has 0 aromatic carbocycles. The molecule has 1 saturated heterocycles. The molecule has 0 amide bonds. The summed E-state index contributed by atoms with van der Waals surface area (Å²) in [5.41, 5.74) is -0.000818. The summed E-state index contributed by atoms with van der Waals surface area (Å²) in [6.07, 6.45) is 2.26. The Morgan fingerprint density at radius 3 is 2.86 bits per heavy atom. The highest BCUT2D eigenvalue weighted by molar-refractivity contribution is 4.71. The molecule has 1 aliphatic heterocycles. The van der Waals surface area contributed by atoms with Gasteiger partial charge in [-0.05, 0) is 39.2 Å². The van der Waals surface area contributed by atoms with E-state index in [9.17, 15) is 0 Å². The Morgan fingerprint density at radius 2 is 2.29 bits per heavy atom. The van der Waals surface area contributed by atoms with Gasteiger partial charge in [0, 0.05) is 20.3 Å².